The maximum absolute atomic E-state index is 12.0. The van der Waals surface area contributed by atoms with Crippen LogP contribution in [-0.4, -0.2) is 62.0 Å². The Labute approximate surface area is 120 Å². The molecule has 0 aliphatic carbocycles. The lowest BCUT2D eigenvalue weighted by Crippen LogP contribution is -2.57. The minimum atomic E-state index is -1.47. The highest BCUT2D eigenvalue weighted by Gasteiger charge is 2.44. The summed E-state index contributed by atoms with van der Waals surface area (Å²) in [5.41, 5.74) is -0.604. The topological polar surface area (TPSA) is 107 Å². The highest BCUT2D eigenvalue weighted by molar-refractivity contribution is 8.14. The summed E-state index contributed by atoms with van der Waals surface area (Å²) in [4.78, 5) is 12.0. The molecule has 1 unspecified atom stereocenters. The van der Waals surface area contributed by atoms with E-state index in [0.717, 1.165) is 0 Å². The number of rotatable bonds is 3. The van der Waals surface area contributed by atoms with Gasteiger partial charge in [-0.15, -0.1) is 0 Å². The van der Waals surface area contributed by atoms with Crippen LogP contribution in [0.4, 0.5) is 0 Å². The van der Waals surface area contributed by atoms with Crippen molar-refractivity contribution in [3.05, 3.63) is 35.9 Å². The van der Waals surface area contributed by atoms with E-state index in [1.807, 2.05) is 0 Å². The van der Waals surface area contributed by atoms with E-state index in [0.29, 0.717) is 17.3 Å². The van der Waals surface area contributed by atoms with E-state index in [9.17, 15) is 20.1 Å². The number of hydrogen-bond acceptors (Lipinski definition) is 7. The molecule has 1 fully saturated rings. The number of carbonyl (C=O) groups excluding carboxylic acids is 1. The van der Waals surface area contributed by atoms with Gasteiger partial charge < -0.3 is 25.2 Å². The summed E-state index contributed by atoms with van der Waals surface area (Å²) in [7, 11) is 0. The Morgan fingerprint density at radius 2 is 1.75 bits per heavy atom. The number of aliphatic hydroxyl groups excluding tert-OH is 4. The van der Waals surface area contributed by atoms with Crippen molar-refractivity contribution in [2.24, 2.45) is 0 Å². The van der Waals surface area contributed by atoms with Gasteiger partial charge in [-0.25, -0.2) is 0 Å². The zero-order chi connectivity index (χ0) is 14.7. The van der Waals surface area contributed by atoms with Crippen molar-refractivity contribution in [3.8, 4) is 0 Å². The molecule has 0 amide bonds. The van der Waals surface area contributed by atoms with Crippen molar-refractivity contribution in [1.29, 1.82) is 0 Å². The second-order valence-electron chi connectivity index (χ2n) is 4.47. The quantitative estimate of drug-likeness (QED) is 0.588. The van der Waals surface area contributed by atoms with Gasteiger partial charge >= 0.3 is 0 Å². The summed E-state index contributed by atoms with van der Waals surface area (Å²) < 4.78 is 5.25. The Hall–Kier alpha value is -0.960. The molecule has 1 saturated heterocycles. The van der Waals surface area contributed by atoms with Crippen molar-refractivity contribution < 1.29 is 30.0 Å². The van der Waals surface area contributed by atoms with E-state index in [2.05, 4.69) is 0 Å². The van der Waals surface area contributed by atoms with Crippen LogP contribution in [-0.2, 0) is 4.74 Å². The van der Waals surface area contributed by atoms with Crippen molar-refractivity contribution in [1.82, 2.24) is 0 Å². The molecule has 1 aromatic rings. The van der Waals surface area contributed by atoms with Crippen LogP contribution in [0.25, 0.3) is 0 Å². The molecule has 0 spiro atoms. The smallest absolute Gasteiger partial charge is 0.221 e. The molecule has 7 heteroatoms. The van der Waals surface area contributed by atoms with E-state index < -0.39 is 36.5 Å². The molecule has 0 saturated carbocycles. The Bertz CT molecular complexity index is 451. The number of aliphatic hydroxyl groups is 4. The van der Waals surface area contributed by atoms with Crippen LogP contribution >= 0.6 is 11.8 Å². The first-order valence-corrected chi connectivity index (χ1v) is 6.99. The van der Waals surface area contributed by atoms with Gasteiger partial charge in [-0.2, -0.15) is 0 Å². The van der Waals surface area contributed by atoms with Gasteiger partial charge in [0.15, 0.2) is 0 Å². The molecule has 4 N–H and O–H groups in total. The number of carbonyl (C=O) groups is 1. The molecule has 0 bridgehead atoms. The molecule has 110 valence electrons. The van der Waals surface area contributed by atoms with Crippen LogP contribution in [0.5, 0.6) is 0 Å². The molecule has 6 nitrogen and oxygen atoms in total. The van der Waals surface area contributed by atoms with Crippen LogP contribution < -0.4 is 0 Å². The van der Waals surface area contributed by atoms with E-state index in [1.165, 1.54) is 0 Å². The van der Waals surface area contributed by atoms with E-state index in [-0.39, 0.29) is 5.12 Å². The third-order valence-corrected chi connectivity index (χ3v) is 4.15. The summed E-state index contributed by atoms with van der Waals surface area (Å²) in [6, 6.07) is 8.44. The lowest BCUT2D eigenvalue weighted by Gasteiger charge is -2.39. The van der Waals surface area contributed by atoms with Gasteiger partial charge in [0, 0.05) is 5.56 Å². The second-order valence-corrected chi connectivity index (χ2v) is 5.54. The maximum Gasteiger partial charge on any atom is 0.221 e. The third kappa shape index (κ3) is 3.20. The summed E-state index contributed by atoms with van der Waals surface area (Å²) >= 11 is 0.713. The summed E-state index contributed by atoms with van der Waals surface area (Å²) in [5, 5.41) is 37.8. The SMILES string of the molecule is O=C(SC1O[C@H](CO)[C@@H](O)[C@H](O)[C@H]1O)c1ccccc1. The molecule has 5 atom stereocenters. The Morgan fingerprint density at radius 3 is 2.35 bits per heavy atom. The molecular formula is C13H16O6S. The average molecular weight is 300 g/mol. The van der Waals surface area contributed by atoms with Crippen molar-refractivity contribution in [2.75, 3.05) is 6.61 Å². The molecular weight excluding hydrogens is 284 g/mol. The molecule has 0 aromatic heterocycles. The van der Waals surface area contributed by atoms with E-state index >= 15 is 0 Å². The summed E-state index contributed by atoms with van der Waals surface area (Å²) in [6.45, 7) is -0.512. The largest absolute Gasteiger partial charge is 0.394 e. The fraction of sp³-hybridized carbons (Fsp3) is 0.462. The Balaban J connectivity index is 2.06. The predicted molar refractivity (Wildman–Crippen MR) is 72.1 cm³/mol. The van der Waals surface area contributed by atoms with Gasteiger partial charge in [-0.05, 0) is 11.8 Å². The first-order chi connectivity index (χ1) is 9.54. The maximum atomic E-state index is 12.0. The highest BCUT2D eigenvalue weighted by Crippen LogP contribution is 2.30. The normalized spacial score (nSPS) is 33.9. The molecule has 1 aliphatic rings. The minimum Gasteiger partial charge on any atom is -0.394 e. The van der Waals surface area contributed by atoms with E-state index in [4.69, 9.17) is 9.84 Å². The van der Waals surface area contributed by atoms with Gasteiger partial charge in [-0.3, -0.25) is 4.79 Å². The van der Waals surface area contributed by atoms with Crippen LogP contribution in [0.15, 0.2) is 30.3 Å². The van der Waals surface area contributed by atoms with Crippen LogP contribution in [0.1, 0.15) is 10.4 Å². The van der Waals surface area contributed by atoms with Gasteiger partial charge in [0.1, 0.15) is 29.9 Å². The van der Waals surface area contributed by atoms with Gasteiger partial charge in [0.05, 0.1) is 6.61 Å². The monoisotopic (exact) mass is 300 g/mol. The summed E-state index contributed by atoms with van der Waals surface area (Å²) in [6.07, 6.45) is -5.31. The first-order valence-electron chi connectivity index (χ1n) is 6.11. The highest BCUT2D eigenvalue weighted by atomic mass is 32.2. The van der Waals surface area contributed by atoms with Crippen molar-refractivity contribution >= 4 is 16.9 Å². The number of hydrogen-bond donors (Lipinski definition) is 4. The number of ether oxygens (including phenoxy) is 1. The minimum absolute atomic E-state index is 0.324. The van der Waals surface area contributed by atoms with Crippen LogP contribution in [0.2, 0.25) is 0 Å². The third-order valence-electron chi connectivity index (χ3n) is 3.08. The van der Waals surface area contributed by atoms with Gasteiger partial charge in [0.25, 0.3) is 0 Å². The molecule has 20 heavy (non-hydrogen) atoms. The lowest BCUT2D eigenvalue weighted by atomic mass is 10.0. The van der Waals surface area contributed by atoms with Gasteiger partial charge in [-0.1, -0.05) is 30.3 Å². The van der Waals surface area contributed by atoms with Crippen molar-refractivity contribution in [2.45, 2.75) is 29.9 Å². The van der Waals surface area contributed by atoms with Crippen LogP contribution in [0, 0.1) is 0 Å². The molecule has 2 rings (SSSR count). The molecule has 1 aromatic carbocycles. The first kappa shape index (κ1) is 15.4. The number of benzene rings is 1. The summed E-state index contributed by atoms with van der Waals surface area (Å²) in [5.74, 6) is 0. The van der Waals surface area contributed by atoms with Crippen LogP contribution in [0.3, 0.4) is 0 Å². The standard InChI is InChI=1S/C13H16O6S/c14-6-8-9(15)10(16)11(17)13(19-8)20-12(18)7-4-2-1-3-5-7/h1-5,8-11,13-17H,6H2/t8-,9-,10+,11-,13?/m1/s1. The Morgan fingerprint density at radius 1 is 1.10 bits per heavy atom. The number of thioether (sulfide) groups is 1. The zero-order valence-corrected chi connectivity index (χ0v) is 11.3. The van der Waals surface area contributed by atoms with E-state index in [1.54, 1.807) is 30.3 Å². The zero-order valence-electron chi connectivity index (χ0n) is 10.5. The fourth-order valence-corrected chi connectivity index (χ4v) is 2.89. The lowest BCUT2D eigenvalue weighted by molar-refractivity contribution is -0.205. The molecule has 1 aliphatic heterocycles. The van der Waals surface area contributed by atoms with Crippen molar-refractivity contribution in [3.63, 3.8) is 0 Å². The molecule has 0 radical (unpaired) electrons. The second kappa shape index (κ2) is 6.66. The Kier molecular flexibility index (Phi) is 5.14. The average Bonchev–Trinajstić information content (AvgIpc) is 2.48. The fourth-order valence-electron chi connectivity index (χ4n) is 1.91. The molecule has 1 heterocycles. The predicted octanol–water partition coefficient (Wildman–Crippen LogP) is -0.640. The van der Waals surface area contributed by atoms with Gasteiger partial charge in [0.2, 0.25) is 5.12 Å².